The van der Waals surface area contributed by atoms with Crippen molar-refractivity contribution in [1.29, 1.82) is 0 Å². The molecule has 0 aliphatic carbocycles. The quantitative estimate of drug-likeness (QED) is 0.608. The highest BCUT2D eigenvalue weighted by Gasteiger charge is 2.00. The lowest BCUT2D eigenvalue weighted by Crippen LogP contribution is -2.29. The second-order valence-electron chi connectivity index (χ2n) is 3.09. The molecule has 1 N–H and O–H groups in total. The average Bonchev–Trinajstić information content (AvgIpc) is 2.14. The summed E-state index contributed by atoms with van der Waals surface area (Å²) < 4.78 is 0. The van der Waals surface area contributed by atoms with E-state index in [4.69, 9.17) is 0 Å². The highest BCUT2D eigenvalue weighted by Crippen LogP contribution is 2.00. The Hall–Kier alpha value is -0.920. The van der Waals surface area contributed by atoms with Crippen LogP contribution in [0.4, 0.5) is 0 Å². The van der Waals surface area contributed by atoms with Crippen molar-refractivity contribution in [3.63, 3.8) is 0 Å². The van der Waals surface area contributed by atoms with Crippen molar-refractivity contribution < 1.29 is 0 Å². The summed E-state index contributed by atoms with van der Waals surface area (Å²) in [5.74, 6) is 1.16. The van der Waals surface area contributed by atoms with Gasteiger partial charge < -0.3 is 10.2 Å². The van der Waals surface area contributed by atoms with Crippen LogP contribution in [0.15, 0.2) is 24.6 Å². The fourth-order valence-corrected chi connectivity index (χ4v) is 1.13. The van der Waals surface area contributed by atoms with Gasteiger partial charge in [0.15, 0.2) is 0 Å². The molecule has 0 unspecified atom stereocenters. The third-order valence-electron chi connectivity index (χ3n) is 1.89. The molecule has 2 heteroatoms. The van der Waals surface area contributed by atoms with Gasteiger partial charge in [-0.1, -0.05) is 26.0 Å². The van der Waals surface area contributed by atoms with Gasteiger partial charge in [0, 0.05) is 20.1 Å². The van der Waals surface area contributed by atoms with E-state index in [9.17, 15) is 0 Å². The first kappa shape index (κ1) is 12.1. The van der Waals surface area contributed by atoms with E-state index in [1.54, 1.807) is 0 Å². The molecular weight excluding hydrogens is 160 g/mol. The Bertz CT molecular complexity index is 161. The first-order chi connectivity index (χ1) is 6.26. The second kappa shape index (κ2) is 7.71. The van der Waals surface area contributed by atoms with Crippen LogP contribution in [-0.4, -0.2) is 25.0 Å². The fourth-order valence-electron chi connectivity index (χ4n) is 1.13. The zero-order chi connectivity index (χ0) is 10.1. The maximum atomic E-state index is 3.70. The van der Waals surface area contributed by atoms with Gasteiger partial charge in [0.1, 0.15) is 5.82 Å². The Kier molecular flexibility index (Phi) is 7.17. The van der Waals surface area contributed by atoms with Crippen LogP contribution in [0.5, 0.6) is 0 Å². The van der Waals surface area contributed by atoms with Gasteiger partial charge in [-0.2, -0.15) is 0 Å². The van der Waals surface area contributed by atoms with Crippen LogP contribution in [0.25, 0.3) is 0 Å². The van der Waals surface area contributed by atoms with Crippen LogP contribution in [0, 0.1) is 0 Å². The summed E-state index contributed by atoms with van der Waals surface area (Å²) >= 11 is 0. The molecule has 0 fully saturated rings. The Morgan fingerprint density at radius 1 is 1.46 bits per heavy atom. The minimum atomic E-state index is 0.955. The van der Waals surface area contributed by atoms with E-state index >= 15 is 0 Å². The zero-order valence-corrected chi connectivity index (χ0v) is 9.14. The summed E-state index contributed by atoms with van der Waals surface area (Å²) in [4.78, 5) is 2.23. The molecule has 0 bridgehead atoms. The van der Waals surface area contributed by atoms with Gasteiger partial charge in [-0.15, -0.1) is 0 Å². The largest absolute Gasteiger partial charge is 0.372 e. The van der Waals surface area contributed by atoms with Crippen LogP contribution in [0.1, 0.15) is 26.7 Å². The van der Waals surface area contributed by atoms with E-state index < -0.39 is 0 Å². The normalized spacial score (nSPS) is 11.2. The SMILES string of the molecule is C=C/C=C(/NCC)N(C)CCCC. The van der Waals surface area contributed by atoms with Gasteiger partial charge in [0.05, 0.1) is 0 Å². The van der Waals surface area contributed by atoms with Crippen molar-refractivity contribution in [3.05, 3.63) is 24.6 Å². The molecule has 0 rings (SSSR count). The summed E-state index contributed by atoms with van der Waals surface area (Å²) in [6.45, 7) is 10.1. The maximum absolute atomic E-state index is 3.70. The predicted molar refractivity (Wildman–Crippen MR) is 59.5 cm³/mol. The molecule has 0 radical (unpaired) electrons. The summed E-state index contributed by atoms with van der Waals surface area (Å²) in [5.41, 5.74) is 0. The second-order valence-corrected chi connectivity index (χ2v) is 3.09. The van der Waals surface area contributed by atoms with Crippen LogP contribution in [0.3, 0.4) is 0 Å². The van der Waals surface area contributed by atoms with Gasteiger partial charge in [-0.05, 0) is 19.4 Å². The third kappa shape index (κ3) is 5.34. The predicted octanol–water partition coefficient (Wildman–Crippen LogP) is 2.36. The van der Waals surface area contributed by atoms with Crippen LogP contribution in [0.2, 0.25) is 0 Å². The van der Waals surface area contributed by atoms with Gasteiger partial charge in [0.2, 0.25) is 0 Å². The van der Waals surface area contributed by atoms with Gasteiger partial charge in [-0.25, -0.2) is 0 Å². The summed E-state index contributed by atoms with van der Waals surface area (Å²) in [7, 11) is 2.10. The van der Waals surface area contributed by atoms with Crippen LogP contribution in [-0.2, 0) is 0 Å². The topological polar surface area (TPSA) is 15.3 Å². The number of nitrogens with zero attached hydrogens (tertiary/aromatic N) is 1. The Morgan fingerprint density at radius 2 is 2.15 bits per heavy atom. The van der Waals surface area contributed by atoms with Crippen molar-refractivity contribution >= 4 is 0 Å². The molecule has 0 aliphatic heterocycles. The van der Waals surface area contributed by atoms with Gasteiger partial charge >= 0.3 is 0 Å². The van der Waals surface area contributed by atoms with E-state index in [0.29, 0.717) is 0 Å². The highest BCUT2D eigenvalue weighted by atomic mass is 15.2. The van der Waals surface area contributed by atoms with Crippen molar-refractivity contribution in [2.75, 3.05) is 20.1 Å². The monoisotopic (exact) mass is 182 g/mol. The lowest BCUT2D eigenvalue weighted by molar-refractivity contribution is 0.377. The van der Waals surface area contributed by atoms with Crippen LogP contribution < -0.4 is 5.32 Å². The molecule has 0 aromatic heterocycles. The smallest absolute Gasteiger partial charge is 0.101 e. The molecule has 76 valence electrons. The van der Waals surface area contributed by atoms with E-state index in [2.05, 4.69) is 37.7 Å². The molecule has 0 amide bonds. The first-order valence-electron chi connectivity index (χ1n) is 5.04. The number of allylic oxidation sites excluding steroid dienone is 2. The summed E-state index contributed by atoms with van der Waals surface area (Å²) in [6.07, 6.45) is 6.30. The molecule has 13 heavy (non-hydrogen) atoms. The molecule has 0 atom stereocenters. The average molecular weight is 182 g/mol. The lowest BCUT2D eigenvalue weighted by atomic mass is 10.3. The van der Waals surface area contributed by atoms with E-state index in [-0.39, 0.29) is 0 Å². The molecule has 0 aromatic rings. The van der Waals surface area contributed by atoms with Gasteiger partial charge in [-0.3, -0.25) is 0 Å². The molecule has 0 saturated heterocycles. The van der Waals surface area contributed by atoms with E-state index in [0.717, 1.165) is 18.9 Å². The highest BCUT2D eigenvalue weighted by molar-refractivity contribution is 5.07. The Morgan fingerprint density at radius 3 is 2.62 bits per heavy atom. The Balaban J connectivity index is 4.02. The lowest BCUT2D eigenvalue weighted by Gasteiger charge is -2.22. The molecule has 2 nitrogen and oxygen atoms in total. The molecule has 0 aliphatic rings. The van der Waals surface area contributed by atoms with E-state index in [1.165, 1.54) is 12.8 Å². The molecule has 0 spiro atoms. The molecule has 0 heterocycles. The van der Waals surface area contributed by atoms with Crippen LogP contribution >= 0.6 is 0 Å². The standard InChI is InChI=1S/C11H22N2/c1-5-8-10-13(4)11(9-6-2)12-7-3/h6,9,12H,2,5,7-8,10H2,1,3-4H3/b11-9-. The number of nitrogens with one attached hydrogen (secondary N) is 1. The number of hydrogen-bond donors (Lipinski definition) is 1. The molecular formula is C11H22N2. The maximum Gasteiger partial charge on any atom is 0.101 e. The first-order valence-corrected chi connectivity index (χ1v) is 5.04. The van der Waals surface area contributed by atoms with Gasteiger partial charge in [0.25, 0.3) is 0 Å². The summed E-state index contributed by atoms with van der Waals surface area (Å²) in [6, 6.07) is 0. The van der Waals surface area contributed by atoms with E-state index in [1.807, 2.05) is 12.2 Å². The van der Waals surface area contributed by atoms with Crippen molar-refractivity contribution in [2.45, 2.75) is 26.7 Å². The zero-order valence-electron chi connectivity index (χ0n) is 9.14. The fraction of sp³-hybridized carbons (Fsp3) is 0.636. The van der Waals surface area contributed by atoms with Crippen molar-refractivity contribution in [2.24, 2.45) is 0 Å². The number of rotatable bonds is 7. The molecule has 0 saturated carbocycles. The Labute approximate surface area is 82.3 Å². The minimum Gasteiger partial charge on any atom is -0.372 e. The van der Waals surface area contributed by atoms with Crippen molar-refractivity contribution in [3.8, 4) is 0 Å². The number of unbranched alkanes of at least 4 members (excludes halogenated alkanes) is 1. The third-order valence-corrected chi connectivity index (χ3v) is 1.89. The minimum absolute atomic E-state index is 0.955. The van der Waals surface area contributed by atoms with Crippen molar-refractivity contribution in [1.82, 2.24) is 10.2 Å². The molecule has 0 aromatic carbocycles. The summed E-state index contributed by atoms with van der Waals surface area (Å²) in [5, 5.41) is 3.31. The number of hydrogen-bond acceptors (Lipinski definition) is 2.